The molecular formula is C16H20ClN3. The lowest BCUT2D eigenvalue weighted by Crippen LogP contribution is -2.17. The van der Waals surface area contributed by atoms with Crippen LogP contribution in [0.4, 0.5) is 5.69 Å². The van der Waals surface area contributed by atoms with Gasteiger partial charge in [0.05, 0.1) is 10.7 Å². The van der Waals surface area contributed by atoms with Gasteiger partial charge in [0.1, 0.15) is 0 Å². The second-order valence-corrected chi connectivity index (χ2v) is 5.34. The van der Waals surface area contributed by atoms with Crippen LogP contribution in [0.5, 0.6) is 0 Å². The van der Waals surface area contributed by atoms with Gasteiger partial charge in [-0.05, 0) is 49.4 Å². The second kappa shape index (κ2) is 6.73. The first-order valence-electron chi connectivity index (χ1n) is 6.68. The fourth-order valence-corrected chi connectivity index (χ4v) is 2.45. The summed E-state index contributed by atoms with van der Waals surface area (Å²) in [5.41, 5.74) is 3.44. The van der Waals surface area contributed by atoms with E-state index in [9.17, 15) is 0 Å². The quantitative estimate of drug-likeness (QED) is 0.911. The Balaban J connectivity index is 2.16. The lowest BCUT2D eigenvalue weighted by atomic mass is 10.1. The predicted molar refractivity (Wildman–Crippen MR) is 85.3 cm³/mol. The van der Waals surface area contributed by atoms with Gasteiger partial charge in [-0.1, -0.05) is 17.7 Å². The minimum absolute atomic E-state index is 0.298. The number of nitrogens with zero attached hydrogens (tertiary/aromatic N) is 2. The van der Waals surface area contributed by atoms with E-state index in [1.54, 1.807) is 0 Å². The normalized spacial score (nSPS) is 12.2. The number of pyridine rings is 1. The van der Waals surface area contributed by atoms with Crippen molar-refractivity contribution in [3.8, 4) is 0 Å². The van der Waals surface area contributed by atoms with Crippen LogP contribution in [0.25, 0.3) is 0 Å². The fourth-order valence-electron chi connectivity index (χ4n) is 2.12. The van der Waals surface area contributed by atoms with Crippen molar-refractivity contribution in [1.29, 1.82) is 0 Å². The molecule has 0 amide bonds. The van der Waals surface area contributed by atoms with Crippen LogP contribution in [-0.4, -0.2) is 19.1 Å². The summed E-state index contributed by atoms with van der Waals surface area (Å²) in [5, 5.41) is 4.00. The van der Waals surface area contributed by atoms with Gasteiger partial charge in [-0.15, -0.1) is 0 Å². The molecular weight excluding hydrogens is 270 g/mol. The van der Waals surface area contributed by atoms with Crippen LogP contribution in [0.15, 0.2) is 42.7 Å². The number of anilines is 1. The first-order valence-corrected chi connectivity index (χ1v) is 7.06. The van der Waals surface area contributed by atoms with Crippen molar-refractivity contribution in [2.75, 3.05) is 19.0 Å². The Morgan fingerprint density at radius 2 is 1.95 bits per heavy atom. The summed E-state index contributed by atoms with van der Waals surface area (Å²) in [6.07, 6.45) is 3.62. The highest BCUT2D eigenvalue weighted by molar-refractivity contribution is 6.33. The molecule has 0 aliphatic carbocycles. The standard InChI is InChI=1S/C16H20ClN3/c1-12(18-2)14-4-5-16(15(17)10-14)20(3)11-13-6-8-19-9-7-13/h4-10,12,18H,11H2,1-3H3. The van der Waals surface area contributed by atoms with E-state index in [1.165, 1.54) is 11.1 Å². The van der Waals surface area contributed by atoms with Gasteiger partial charge in [-0.25, -0.2) is 0 Å². The number of rotatable bonds is 5. The zero-order valence-corrected chi connectivity index (χ0v) is 12.9. The molecule has 2 rings (SSSR count). The maximum atomic E-state index is 6.41. The van der Waals surface area contributed by atoms with E-state index in [4.69, 9.17) is 11.6 Å². The van der Waals surface area contributed by atoms with E-state index in [0.717, 1.165) is 17.3 Å². The Labute approximate surface area is 125 Å². The van der Waals surface area contributed by atoms with Crippen LogP contribution >= 0.6 is 11.6 Å². The molecule has 0 radical (unpaired) electrons. The topological polar surface area (TPSA) is 28.2 Å². The molecule has 4 heteroatoms. The van der Waals surface area contributed by atoms with Gasteiger partial charge in [-0.2, -0.15) is 0 Å². The maximum Gasteiger partial charge on any atom is 0.0642 e. The minimum Gasteiger partial charge on any atom is -0.369 e. The van der Waals surface area contributed by atoms with Crippen molar-refractivity contribution in [3.63, 3.8) is 0 Å². The van der Waals surface area contributed by atoms with Crippen LogP contribution in [0.2, 0.25) is 5.02 Å². The van der Waals surface area contributed by atoms with Gasteiger partial charge in [0.25, 0.3) is 0 Å². The summed E-state index contributed by atoms with van der Waals surface area (Å²) in [6, 6.07) is 10.6. The molecule has 0 saturated heterocycles. The smallest absolute Gasteiger partial charge is 0.0642 e. The van der Waals surface area contributed by atoms with E-state index in [2.05, 4.69) is 34.3 Å². The Morgan fingerprint density at radius 1 is 1.25 bits per heavy atom. The number of aromatic nitrogens is 1. The van der Waals surface area contributed by atoms with Crippen molar-refractivity contribution in [3.05, 3.63) is 58.9 Å². The average Bonchev–Trinajstić information content (AvgIpc) is 2.47. The second-order valence-electron chi connectivity index (χ2n) is 4.93. The zero-order chi connectivity index (χ0) is 14.5. The van der Waals surface area contributed by atoms with Crippen molar-refractivity contribution in [1.82, 2.24) is 10.3 Å². The summed E-state index contributed by atoms with van der Waals surface area (Å²) in [7, 11) is 3.99. The molecule has 1 N–H and O–H groups in total. The van der Waals surface area contributed by atoms with Crippen LogP contribution in [0, 0.1) is 0 Å². The molecule has 1 aromatic carbocycles. The Morgan fingerprint density at radius 3 is 2.55 bits per heavy atom. The first kappa shape index (κ1) is 14.8. The third-order valence-corrected chi connectivity index (χ3v) is 3.79. The van der Waals surface area contributed by atoms with Crippen molar-refractivity contribution < 1.29 is 0 Å². The average molecular weight is 290 g/mol. The minimum atomic E-state index is 0.298. The first-order chi connectivity index (χ1) is 9.61. The lowest BCUT2D eigenvalue weighted by Gasteiger charge is -2.22. The third kappa shape index (κ3) is 3.50. The summed E-state index contributed by atoms with van der Waals surface area (Å²) >= 11 is 6.41. The fraction of sp³-hybridized carbons (Fsp3) is 0.312. The number of hydrogen-bond acceptors (Lipinski definition) is 3. The molecule has 1 heterocycles. The largest absolute Gasteiger partial charge is 0.369 e. The summed E-state index contributed by atoms with van der Waals surface area (Å²) < 4.78 is 0. The van der Waals surface area contributed by atoms with Gasteiger partial charge in [0.2, 0.25) is 0 Å². The van der Waals surface area contributed by atoms with E-state index in [-0.39, 0.29) is 0 Å². The molecule has 20 heavy (non-hydrogen) atoms. The van der Waals surface area contributed by atoms with Crippen LogP contribution < -0.4 is 10.2 Å². The van der Waals surface area contributed by atoms with Crippen LogP contribution in [0.1, 0.15) is 24.1 Å². The Kier molecular flexibility index (Phi) is 4.99. The van der Waals surface area contributed by atoms with E-state index in [1.807, 2.05) is 44.7 Å². The van der Waals surface area contributed by atoms with Crippen LogP contribution in [-0.2, 0) is 6.54 Å². The highest BCUT2D eigenvalue weighted by Gasteiger charge is 2.10. The zero-order valence-electron chi connectivity index (χ0n) is 12.1. The van der Waals surface area contributed by atoms with E-state index >= 15 is 0 Å². The summed E-state index contributed by atoms with van der Waals surface area (Å²) in [5.74, 6) is 0. The van der Waals surface area contributed by atoms with Crippen molar-refractivity contribution in [2.24, 2.45) is 0 Å². The SMILES string of the molecule is CNC(C)c1ccc(N(C)Cc2ccncc2)c(Cl)c1. The van der Waals surface area contributed by atoms with Gasteiger partial charge in [0.15, 0.2) is 0 Å². The molecule has 2 aromatic rings. The number of nitrogens with one attached hydrogen (secondary N) is 1. The highest BCUT2D eigenvalue weighted by Crippen LogP contribution is 2.29. The van der Waals surface area contributed by atoms with Crippen LogP contribution in [0.3, 0.4) is 0 Å². The van der Waals surface area contributed by atoms with E-state index in [0.29, 0.717) is 6.04 Å². The summed E-state index contributed by atoms with van der Waals surface area (Å²) in [4.78, 5) is 6.18. The molecule has 0 aliphatic rings. The molecule has 3 nitrogen and oxygen atoms in total. The monoisotopic (exact) mass is 289 g/mol. The van der Waals surface area contributed by atoms with Gasteiger partial charge >= 0.3 is 0 Å². The molecule has 0 bridgehead atoms. The molecule has 0 saturated carbocycles. The Hall–Kier alpha value is -1.58. The lowest BCUT2D eigenvalue weighted by molar-refractivity contribution is 0.652. The molecule has 1 atom stereocenters. The maximum absolute atomic E-state index is 6.41. The molecule has 1 unspecified atom stereocenters. The van der Waals surface area contributed by atoms with Gasteiger partial charge < -0.3 is 10.2 Å². The molecule has 1 aromatic heterocycles. The molecule has 0 spiro atoms. The van der Waals surface area contributed by atoms with Gasteiger partial charge in [-0.3, -0.25) is 4.98 Å². The van der Waals surface area contributed by atoms with Crippen molar-refractivity contribution in [2.45, 2.75) is 19.5 Å². The van der Waals surface area contributed by atoms with Crippen molar-refractivity contribution >= 4 is 17.3 Å². The molecule has 0 fully saturated rings. The Bertz CT molecular complexity index is 557. The summed E-state index contributed by atoms with van der Waals surface area (Å²) in [6.45, 7) is 2.93. The number of benzene rings is 1. The number of halogens is 1. The predicted octanol–water partition coefficient (Wildman–Crippen LogP) is 3.65. The molecule has 0 aliphatic heterocycles. The molecule has 106 valence electrons. The van der Waals surface area contributed by atoms with Gasteiger partial charge in [0, 0.05) is 32.0 Å². The van der Waals surface area contributed by atoms with E-state index < -0.39 is 0 Å². The number of hydrogen-bond donors (Lipinski definition) is 1. The third-order valence-electron chi connectivity index (χ3n) is 3.49. The highest BCUT2D eigenvalue weighted by atomic mass is 35.5.